The zero-order chi connectivity index (χ0) is 35.0. The number of amides is 1. The van der Waals surface area contributed by atoms with Gasteiger partial charge >= 0.3 is 17.2 Å². The van der Waals surface area contributed by atoms with Gasteiger partial charge in [0.1, 0.15) is 32.9 Å². The van der Waals surface area contributed by atoms with Crippen LogP contribution in [0.25, 0.3) is 28.1 Å². The number of halogens is 3. The fourth-order valence-corrected chi connectivity index (χ4v) is 6.16. The van der Waals surface area contributed by atoms with Crippen LogP contribution in [0.1, 0.15) is 57.4 Å². The summed E-state index contributed by atoms with van der Waals surface area (Å²) in [6.45, 7) is 11.3. The lowest BCUT2D eigenvalue weighted by Gasteiger charge is -2.53. The van der Waals surface area contributed by atoms with Crippen LogP contribution in [0, 0.1) is 19.7 Å². The van der Waals surface area contributed by atoms with Crippen molar-refractivity contribution in [2.45, 2.75) is 71.0 Å². The molecule has 47 heavy (non-hydrogen) atoms. The van der Waals surface area contributed by atoms with Crippen molar-refractivity contribution in [3.8, 4) is 22.7 Å². The second kappa shape index (κ2) is 11.5. The van der Waals surface area contributed by atoms with E-state index < -0.39 is 58.5 Å². The maximum Gasteiger partial charge on any atom is 0.410 e. The topological polar surface area (TPSA) is 120 Å². The van der Waals surface area contributed by atoms with Crippen LogP contribution in [0.3, 0.4) is 0 Å². The molecular formula is C32H36B2ClF2N5O5. The lowest BCUT2D eigenvalue weighted by molar-refractivity contribution is -0.0697. The lowest BCUT2D eigenvalue weighted by atomic mass is 9.51. The Morgan fingerprint density at radius 2 is 1.74 bits per heavy atom. The summed E-state index contributed by atoms with van der Waals surface area (Å²) in [6, 6.07) is 5.54. The Bertz CT molecular complexity index is 2070. The van der Waals surface area contributed by atoms with Crippen molar-refractivity contribution in [2.75, 3.05) is 13.1 Å². The molecule has 0 bridgehead atoms. The number of rotatable bonds is 5. The zero-order valence-corrected chi connectivity index (χ0v) is 28.6. The van der Waals surface area contributed by atoms with E-state index in [0.717, 1.165) is 15.2 Å². The van der Waals surface area contributed by atoms with Crippen molar-refractivity contribution < 1.29 is 23.4 Å². The molecular weight excluding hydrogens is 629 g/mol. The summed E-state index contributed by atoms with van der Waals surface area (Å²) in [5.74, 6) is -1.41. The molecule has 0 atom stereocenters. The molecule has 15 heteroatoms. The summed E-state index contributed by atoms with van der Waals surface area (Å²) in [5, 5.41) is 8.99. The molecule has 246 valence electrons. The van der Waals surface area contributed by atoms with Gasteiger partial charge in [-0.15, -0.1) is 0 Å². The molecule has 0 saturated carbocycles. The summed E-state index contributed by atoms with van der Waals surface area (Å²) in [4.78, 5) is 51.4. The van der Waals surface area contributed by atoms with Gasteiger partial charge in [-0.3, -0.25) is 19.1 Å². The van der Waals surface area contributed by atoms with Gasteiger partial charge in [0.15, 0.2) is 11.3 Å². The third-order valence-electron chi connectivity index (χ3n) is 8.66. The van der Waals surface area contributed by atoms with E-state index in [2.05, 4.69) is 9.97 Å². The van der Waals surface area contributed by atoms with Crippen LogP contribution in [0.4, 0.5) is 13.6 Å². The molecule has 0 aliphatic carbocycles. The molecule has 0 unspecified atom stereocenters. The first kappa shape index (κ1) is 34.2. The summed E-state index contributed by atoms with van der Waals surface area (Å²) in [6.07, 6.45) is 0.874. The number of likely N-dealkylation sites (tertiary alicyclic amines) is 1. The Hall–Kier alpha value is -4.19. The third kappa shape index (κ3) is 5.60. The smallest absolute Gasteiger partial charge is 0.410 e. The molecule has 1 aliphatic rings. The zero-order valence-electron chi connectivity index (χ0n) is 27.8. The van der Waals surface area contributed by atoms with E-state index in [1.807, 2.05) is 13.8 Å². The van der Waals surface area contributed by atoms with Gasteiger partial charge in [-0.25, -0.2) is 18.6 Å². The molecule has 0 spiro atoms. The maximum absolute atomic E-state index is 16.8. The number of nitrogens with zero attached hydrogens (tertiary/aromatic N) is 5. The maximum atomic E-state index is 16.8. The van der Waals surface area contributed by atoms with Gasteiger partial charge in [0.05, 0.1) is 46.3 Å². The van der Waals surface area contributed by atoms with Gasteiger partial charge in [0, 0.05) is 11.5 Å². The number of carbonyl (C=O) groups is 1. The number of alkyl halides is 1. The fourth-order valence-electron chi connectivity index (χ4n) is 5.92. The molecule has 0 radical (unpaired) electrons. The fraction of sp³-hybridized carbons (Fsp3) is 0.406. The van der Waals surface area contributed by atoms with Crippen LogP contribution in [0.2, 0.25) is 5.02 Å². The highest BCUT2D eigenvalue weighted by Crippen LogP contribution is 2.42. The monoisotopic (exact) mass is 665 g/mol. The first-order valence-corrected chi connectivity index (χ1v) is 15.6. The van der Waals surface area contributed by atoms with Gasteiger partial charge in [0.2, 0.25) is 0 Å². The summed E-state index contributed by atoms with van der Waals surface area (Å²) in [5.41, 5.74) is -4.00. The average Bonchev–Trinajstić information content (AvgIpc) is 2.94. The van der Waals surface area contributed by atoms with Crippen molar-refractivity contribution in [1.29, 1.82) is 0 Å². The van der Waals surface area contributed by atoms with Crippen LogP contribution >= 0.6 is 11.6 Å². The van der Waals surface area contributed by atoms with Crippen LogP contribution in [0.5, 0.6) is 5.75 Å². The minimum Gasteiger partial charge on any atom is -0.507 e. The summed E-state index contributed by atoms with van der Waals surface area (Å²) in [7, 11) is 2.90. The predicted molar refractivity (Wildman–Crippen MR) is 182 cm³/mol. The Labute approximate surface area is 277 Å². The number of benzene rings is 1. The normalized spacial score (nSPS) is 14.8. The second-order valence-corrected chi connectivity index (χ2v) is 14.3. The van der Waals surface area contributed by atoms with E-state index >= 15 is 8.78 Å². The lowest BCUT2D eigenvalue weighted by Crippen LogP contribution is -2.74. The number of hydrogen-bond acceptors (Lipinski definition) is 7. The van der Waals surface area contributed by atoms with Crippen LogP contribution in [-0.4, -0.2) is 75.3 Å². The number of aromatic hydroxyl groups is 1. The van der Waals surface area contributed by atoms with E-state index in [9.17, 15) is 19.5 Å². The second-order valence-electron chi connectivity index (χ2n) is 13.9. The Morgan fingerprint density at radius 3 is 2.34 bits per heavy atom. The molecule has 1 saturated heterocycles. The highest BCUT2D eigenvalue weighted by atomic mass is 35.5. The minimum absolute atomic E-state index is 0.0217. The van der Waals surface area contributed by atoms with E-state index in [1.54, 1.807) is 46.9 Å². The van der Waals surface area contributed by atoms with Crippen molar-refractivity contribution in [1.82, 2.24) is 24.0 Å². The van der Waals surface area contributed by atoms with E-state index in [1.165, 1.54) is 32.7 Å². The highest BCUT2D eigenvalue weighted by molar-refractivity contribution is 6.39. The van der Waals surface area contributed by atoms with Crippen molar-refractivity contribution in [3.05, 3.63) is 78.8 Å². The van der Waals surface area contributed by atoms with Gasteiger partial charge in [0.25, 0.3) is 0 Å². The predicted octanol–water partition coefficient (Wildman–Crippen LogP) is 3.68. The number of aryl methyl sites for hydroxylation is 2. The van der Waals surface area contributed by atoms with Gasteiger partial charge < -0.3 is 19.3 Å². The van der Waals surface area contributed by atoms with Crippen molar-refractivity contribution in [3.63, 3.8) is 0 Å². The Balaban J connectivity index is 1.85. The number of aromatic nitrogens is 4. The standard InChI is InChI=1S/C32H36B2ClF2N5O5/c1-15(2)22-24(16(3)10-11-38-22)41-26-20(12-18(35)23(39-26)21-19(36)9-8-17(4)25(21)43)42(28(45)27(41)44)32(33,34)31(37)13-40(14-31)29(46)47-30(5,6)7/h8-12,15,43H,13-14,33-34H2,1-7H3. The number of hydrogen-bond donors (Lipinski definition) is 1. The average molecular weight is 666 g/mol. The number of phenols is 1. The largest absolute Gasteiger partial charge is 0.507 e. The van der Waals surface area contributed by atoms with Gasteiger partial charge in [-0.05, 0) is 69.9 Å². The summed E-state index contributed by atoms with van der Waals surface area (Å²) < 4.78 is 39.6. The summed E-state index contributed by atoms with van der Waals surface area (Å²) >= 11 is 6.73. The van der Waals surface area contributed by atoms with E-state index in [4.69, 9.17) is 16.3 Å². The van der Waals surface area contributed by atoms with Crippen LogP contribution in [0.15, 0.2) is 40.1 Å². The SMILES string of the molecule is BC(B)(n1c(=O)c(=O)n(-c2c(C)ccnc2C(C)C)c2nc(-c3c(F)ccc(C)c3O)c(Cl)cc21)C1(F)CN(C(=O)OC(C)(C)C)C1. The Kier molecular flexibility index (Phi) is 8.36. The van der Waals surface area contributed by atoms with Crippen LogP contribution in [-0.2, 0) is 10.1 Å². The van der Waals surface area contributed by atoms with Gasteiger partial charge in [-0.1, -0.05) is 31.5 Å². The van der Waals surface area contributed by atoms with E-state index in [0.29, 0.717) is 22.5 Å². The molecule has 1 amide bonds. The molecule has 1 aromatic carbocycles. The first-order chi connectivity index (χ1) is 21.7. The number of carbonyl (C=O) groups excluding carboxylic acids is 1. The third-order valence-corrected chi connectivity index (χ3v) is 8.95. The number of phenolic OH excluding ortho intramolecular Hbond substituents is 1. The number of fused-ring (bicyclic) bond motifs is 1. The molecule has 1 fully saturated rings. The van der Waals surface area contributed by atoms with E-state index in [-0.39, 0.29) is 33.4 Å². The molecule has 1 aliphatic heterocycles. The molecule has 1 N–H and O–H groups in total. The van der Waals surface area contributed by atoms with Crippen molar-refractivity contribution >= 4 is 44.6 Å². The number of pyridine rings is 2. The quantitative estimate of drug-likeness (QED) is 0.255. The first-order valence-electron chi connectivity index (χ1n) is 15.2. The minimum atomic E-state index is -2.18. The van der Waals surface area contributed by atoms with Gasteiger partial charge in [-0.2, -0.15) is 0 Å². The molecule has 10 nitrogen and oxygen atoms in total. The van der Waals surface area contributed by atoms with Crippen molar-refractivity contribution in [2.24, 2.45) is 0 Å². The highest BCUT2D eigenvalue weighted by Gasteiger charge is 2.58. The molecule has 4 heterocycles. The Morgan fingerprint density at radius 1 is 1.11 bits per heavy atom. The molecule has 5 rings (SSSR count). The number of ether oxygens (including phenoxy) is 1. The van der Waals surface area contributed by atoms with Crippen LogP contribution < -0.4 is 11.1 Å². The molecule has 3 aromatic heterocycles. The molecule has 4 aromatic rings.